The van der Waals surface area contributed by atoms with Gasteiger partial charge in [0.15, 0.2) is 0 Å². The molecule has 0 aliphatic carbocycles. The van der Waals surface area contributed by atoms with E-state index in [0.717, 1.165) is 5.92 Å². The maximum atomic E-state index is 3.41. The Morgan fingerprint density at radius 2 is 2.30 bits per heavy atom. The third-order valence-corrected chi connectivity index (χ3v) is 3.08. The minimum absolute atomic E-state index is 0. The second kappa shape index (κ2) is 2.91. The summed E-state index contributed by atoms with van der Waals surface area (Å²) in [5, 5.41) is 3.41. The van der Waals surface area contributed by atoms with Gasteiger partial charge >= 0.3 is 0 Å². The van der Waals surface area contributed by atoms with Gasteiger partial charge in [0.05, 0.1) is 0 Å². The van der Waals surface area contributed by atoms with Crippen LogP contribution in [0.4, 0.5) is 0 Å². The van der Waals surface area contributed by atoms with Crippen LogP contribution >= 0.6 is 0 Å². The lowest BCUT2D eigenvalue weighted by molar-refractivity contribution is 0.221. The van der Waals surface area contributed by atoms with Crippen molar-refractivity contribution in [1.82, 2.24) is 5.32 Å². The second-order valence-electron chi connectivity index (χ2n) is 4.03. The Kier molecular flexibility index (Phi) is 2.35. The van der Waals surface area contributed by atoms with Crippen molar-refractivity contribution < 1.29 is 1.43 Å². The van der Waals surface area contributed by atoms with Crippen molar-refractivity contribution in [2.24, 2.45) is 11.3 Å². The summed E-state index contributed by atoms with van der Waals surface area (Å²) in [6.07, 6.45) is 2.68. The molecule has 1 fully saturated rings. The predicted molar refractivity (Wildman–Crippen MR) is 47.2 cm³/mol. The highest BCUT2D eigenvalue weighted by Crippen LogP contribution is 2.33. The third-order valence-electron chi connectivity index (χ3n) is 3.08. The number of rotatable bonds is 2. The molecule has 0 amide bonds. The van der Waals surface area contributed by atoms with Gasteiger partial charge in [-0.05, 0) is 30.8 Å². The maximum absolute atomic E-state index is 3.41. The fourth-order valence-corrected chi connectivity index (χ4v) is 1.61. The molecule has 1 atom stereocenters. The highest BCUT2D eigenvalue weighted by atomic mass is 14.9. The van der Waals surface area contributed by atoms with Crippen LogP contribution in [-0.2, 0) is 0 Å². The number of hydrogen-bond donors (Lipinski definition) is 1. The molecule has 0 aromatic heterocycles. The molecule has 1 unspecified atom stereocenters. The Morgan fingerprint density at radius 1 is 1.60 bits per heavy atom. The summed E-state index contributed by atoms with van der Waals surface area (Å²) in [5.74, 6) is 0.914. The summed E-state index contributed by atoms with van der Waals surface area (Å²) in [5.41, 5.74) is 0.559. The van der Waals surface area contributed by atoms with Gasteiger partial charge < -0.3 is 5.32 Å². The maximum Gasteiger partial charge on any atom is 0 e. The third kappa shape index (κ3) is 1.51. The Labute approximate surface area is 65.7 Å². The van der Waals surface area contributed by atoms with E-state index in [1.165, 1.54) is 25.9 Å². The molecular formula is C9H21N. The normalized spacial score (nSPS) is 27.3. The van der Waals surface area contributed by atoms with Crippen LogP contribution in [0.15, 0.2) is 0 Å². The molecule has 1 N–H and O–H groups in total. The van der Waals surface area contributed by atoms with Crippen molar-refractivity contribution in [3.63, 3.8) is 0 Å². The zero-order valence-electron chi connectivity index (χ0n) is 7.41. The zero-order chi connectivity index (χ0) is 7.61. The molecule has 0 spiro atoms. The Hall–Kier alpha value is -0.0400. The van der Waals surface area contributed by atoms with Gasteiger partial charge in [-0.25, -0.2) is 0 Å². The van der Waals surface area contributed by atoms with E-state index in [2.05, 4.69) is 26.1 Å². The summed E-state index contributed by atoms with van der Waals surface area (Å²) in [7, 11) is 0. The predicted octanol–water partition coefficient (Wildman–Crippen LogP) is 2.28. The largest absolute Gasteiger partial charge is 0.316 e. The van der Waals surface area contributed by atoms with Crippen LogP contribution in [-0.4, -0.2) is 13.1 Å². The van der Waals surface area contributed by atoms with E-state index in [-0.39, 0.29) is 1.43 Å². The SMILES string of the molecule is CCC(C)(C)C1CCNC1.[HH]. The summed E-state index contributed by atoms with van der Waals surface area (Å²) < 4.78 is 0. The molecule has 1 rings (SSSR count). The lowest BCUT2D eigenvalue weighted by Gasteiger charge is -2.29. The minimum Gasteiger partial charge on any atom is -0.316 e. The molecular weight excluding hydrogens is 122 g/mol. The summed E-state index contributed by atoms with van der Waals surface area (Å²) >= 11 is 0. The first-order valence-electron chi connectivity index (χ1n) is 4.37. The summed E-state index contributed by atoms with van der Waals surface area (Å²) in [4.78, 5) is 0. The van der Waals surface area contributed by atoms with Gasteiger partial charge in [0.25, 0.3) is 0 Å². The van der Waals surface area contributed by atoms with Crippen LogP contribution in [0.1, 0.15) is 35.0 Å². The highest BCUT2D eigenvalue weighted by Gasteiger charge is 2.29. The molecule has 1 aliphatic heterocycles. The molecule has 0 aromatic carbocycles. The molecule has 0 aromatic rings. The van der Waals surface area contributed by atoms with E-state index >= 15 is 0 Å². The van der Waals surface area contributed by atoms with Crippen molar-refractivity contribution in [3.8, 4) is 0 Å². The Morgan fingerprint density at radius 3 is 2.70 bits per heavy atom. The molecule has 1 heteroatoms. The van der Waals surface area contributed by atoms with Crippen LogP contribution in [0.2, 0.25) is 0 Å². The van der Waals surface area contributed by atoms with E-state index in [0.29, 0.717) is 5.41 Å². The zero-order valence-corrected chi connectivity index (χ0v) is 7.41. The van der Waals surface area contributed by atoms with Crippen molar-refractivity contribution in [2.75, 3.05) is 13.1 Å². The van der Waals surface area contributed by atoms with E-state index < -0.39 is 0 Å². The molecule has 0 bridgehead atoms. The lowest BCUT2D eigenvalue weighted by atomic mass is 9.76. The first-order valence-corrected chi connectivity index (χ1v) is 4.37. The van der Waals surface area contributed by atoms with Gasteiger partial charge in [0.2, 0.25) is 0 Å². The van der Waals surface area contributed by atoms with Crippen LogP contribution in [0.3, 0.4) is 0 Å². The Balaban J connectivity index is 0.000001000. The van der Waals surface area contributed by atoms with Crippen LogP contribution < -0.4 is 5.32 Å². The van der Waals surface area contributed by atoms with E-state index in [1.807, 2.05) is 0 Å². The molecule has 10 heavy (non-hydrogen) atoms. The average molecular weight is 143 g/mol. The van der Waals surface area contributed by atoms with Gasteiger partial charge in [-0.3, -0.25) is 0 Å². The summed E-state index contributed by atoms with van der Waals surface area (Å²) in [6, 6.07) is 0. The van der Waals surface area contributed by atoms with Gasteiger partial charge in [-0.2, -0.15) is 0 Å². The lowest BCUT2D eigenvalue weighted by Crippen LogP contribution is -2.25. The second-order valence-corrected chi connectivity index (χ2v) is 4.03. The average Bonchev–Trinajstić information content (AvgIpc) is 2.38. The fourth-order valence-electron chi connectivity index (χ4n) is 1.61. The van der Waals surface area contributed by atoms with Crippen molar-refractivity contribution in [2.45, 2.75) is 33.6 Å². The molecule has 1 aliphatic rings. The minimum atomic E-state index is 0. The standard InChI is InChI=1S/C9H19N.H2/c1-4-9(2,3)8-5-6-10-7-8;/h8,10H,4-7H2,1-3H3;1H. The van der Waals surface area contributed by atoms with Crippen LogP contribution in [0.5, 0.6) is 0 Å². The highest BCUT2D eigenvalue weighted by molar-refractivity contribution is 4.83. The molecule has 62 valence electrons. The van der Waals surface area contributed by atoms with Crippen molar-refractivity contribution in [1.29, 1.82) is 0 Å². The van der Waals surface area contributed by atoms with E-state index in [9.17, 15) is 0 Å². The van der Waals surface area contributed by atoms with Gasteiger partial charge in [0.1, 0.15) is 0 Å². The van der Waals surface area contributed by atoms with Crippen LogP contribution in [0, 0.1) is 11.3 Å². The first-order chi connectivity index (χ1) is 4.67. The topological polar surface area (TPSA) is 12.0 Å². The van der Waals surface area contributed by atoms with Gasteiger partial charge in [0, 0.05) is 1.43 Å². The van der Waals surface area contributed by atoms with Gasteiger partial charge in [-0.15, -0.1) is 0 Å². The number of hydrogen-bond acceptors (Lipinski definition) is 1. The quantitative estimate of drug-likeness (QED) is 0.625. The van der Waals surface area contributed by atoms with E-state index in [4.69, 9.17) is 0 Å². The van der Waals surface area contributed by atoms with Gasteiger partial charge in [-0.1, -0.05) is 27.2 Å². The van der Waals surface area contributed by atoms with E-state index in [1.54, 1.807) is 0 Å². The van der Waals surface area contributed by atoms with Crippen molar-refractivity contribution >= 4 is 0 Å². The first kappa shape index (κ1) is 8.06. The molecule has 0 saturated carbocycles. The number of nitrogens with one attached hydrogen (secondary N) is 1. The molecule has 1 saturated heterocycles. The fraction of sp³-hybridized carbons (Fsp3) is 1.00. The van der Waals surface area contributed by atoms with Crippen LogP contribution in [0.25, 0.3) is 0 Å². The Bertz CT molecular complexity index is 106. The molecule has 0 radical (unpaired) electrons. The smallest absolute Gasteiger partial charge is 0 e. The molecule has 1 heterocycles. The van der Waals surface area contributed by atoms with Crippen molar-refractivity contribution in [3.05, 3.63) is 0 Å². The molecule has 1 nitrogen and oxygen atoms in total. The summed E-state index contributed by atoms with van der Waals surface area (Å²) in [6.45, 7) is 9.52. The monoisotopic (exact) mass is 143 g/mol.